The summed E-state index contributed by atoms with van der Waals surface area (Å²) in [6.45, 7) is 2.42. The Morgan fingerprint density at radius 1 is 1.23 bits per heavy atom. The van der Waals surface area contributed by atoms with Crippen molar-refractivity contribution in [2.24, 2.45) is 0 Å². The van der Waals surface area contributed by atoms with Crippen LogP contribution in [-0.4, -0.2) is 31.9 Å². The maximum Gasteiger partial charge on any atom is 0.339 e. The molecule has 1 aliphatic rings. The second-order valence-corrected chi connectivity index (χ2v) is 8.66. The third-order valence-corrected chi connectivity index (χ3v) is 6.46. The Kier molecular flexibility index (Phi) is 5.70. The predicted octanol–water partition coefficient (Wildman–Crippen LogP) is 2.97. The molecule has 0 atom stereocenters. The summed E-state index contributed by atoms with van der Waals surface area (Å²) in [5.41, 5.74) is 0.138. The van der Waals surface area contributed by atoms with Crippen LogP contribution in [-0.2, 0) is 15.8 Å². The van der Waals surface area contributed by atoms with Crippen LogP contribution < -0.4 is 10.4 Å². The SMILES string of the molecule is Cc1cc(OC2CCN(S(=O)(=O)Cc3ccccc3Cl)CC2)cc(=O)o1. The van der Waals surface area contributed by atoms with E-state index in [1.54, 1.807) is 37.3 Å². The van der Waals surface area contributed by atoms with Gasteiger partial charge in [-0.1, -0.05) is 29.8 Å². The third-order valence-electron chi connectivity index (χ3n) is 4.26. The molecule has 3 rings (SSSR count). The average Bonchev–Trinajstić information content (AvgIpc) is 2.56. The van der Waals surface area contributed by atoms with Gasteiger partial charge in [-0.2, -0.15) is 0 Å². The molecular weight excluding hydrogens is 378 g/mol. The summed E-state index contributed by atoms with van der Waals surface area (Å²) < 4.78 is 37.5. The van der Waals surface area contributed by atoms with Gasteiger partial charge in [-0.25, -0.2) is 17.5 Å². The number of benzene rings is 1. The Morgan fingerprint density at radius 2 is 1.92 bits per heavy atom. The van der Waals surface area contributed by atoms with Gasteiger partial charge in [0.1, 0.15) is 17.6 Å². The van der Waals surface area contributed by atoms with Gasteiger partial charge in [-0.05, 0) is 31.4 Å². The molecule has 0 radical (unpaired) electrons. The standard InChI is InChI=1S/C18H20ClNO5S/c1-13-10-16(11-18(21)24-13)25-15-6-8-20(9-7-15)26(22,23)12-14-4-2-3-5-17(14)19/h2-5,10-11,15H,6-9,12H2,1H3. The topological polar surface area (TPSA) is 76.8 Å². The molecule has 26 heavy (non-hydrogen) atoms. The minimum Gasteiger partial charge on any atom is -0.490 e. The highest BCUT2D eigenvalue weighted by Crippen LogP contribution is 2.24. The monoisotopic (exact) mass is 397 g/mol. The van der Waals surface area contributed by atoms with E-state index in [9.17, 15) is 13.2 Å². The number of hydrogen-bond donors (Lipinski definition) is 0. The van der Waals surface area contributed by atoms with Crippen LogP contribution in [0.5, 0.6) is 5.75 Å². The second kappa shape index (κ2) is 7.82. The normalized spacial score (nSPS) is 16.5. The van der Waals surface area contributed by atoms with Crippen molar-refractivity contribution in [2.75, 3.05) is 13.1 Å². The molecule has 6 nitrogen and oxygen atoms in total. The molecule has 0 amide bonds. The Bertz CT molecular complexity index is 933. The van der Waals surface area contributed by atoms with E-state index in [1.165, 1.54) is 10.4 Å². The van der Waals surface area contributed by atoms with Crippen molar-refractivity contribution >= 4 is 21.6 Å². The number of piperidine rings is 1. The number of ether oxygens (including phenoxy) is 1. The van der Waals surface area contributed by atoms with Crippen LogP contribution in [0.25, 0.3) is 0 Å². The second-order valence-electron chi connectivity index (χ2n) is 6.29. The van der Waals surface area contributed by atoms with Crippen LogP contribution in [0.1, 0.15) is 24.2 Å². The molecule has 1 fully saturated rings. The lowest BCUT2D eigenvalue weighted by Gasteiger charge is -2.31. The first-order valence-electron chi connectivity index (χ1n) is 8.33. The molecule has 0 aliphatic carbocycles. The first-order valence-corrected chi connectivity index (χ1v) is 10.3. The summed E-state index contributed by atoms with van der Waals surface area (Å²) in [7, 11) is -3.44. The quantitative estimate of drug-likeness (QED) is 0.775. The maximum absolute atomic E-state index is 12.6. The lowest BCUT2D eigenvalue weighted by molar-refractivity contribution is 0.134. The molecule has 2 aromatic rings. The molecule has 2 heterocycles. The molecule has 0 saturated carbocycles. The van der Waals surface area contributed by atoms with E-state index in [2.05, 4.69) is 0 Å². The van der Waals surface area contributed by atoms with Crippen LogP contribution in [0.4, 0.5) is 0 Å². The highest BCUT2D eigenvalue weighted by molar-refractivity contribution is 7.88. The van der Waals surface area contributed by atoms with Gasteiger partial charge in [-0.15, -0.1) is 0 Å². The molecular formula is C18H20ClNO5S. The van der Waals surface area contributed by atoms with E-state index in [4.69, 9.17) is 20.8 Å². The van der Waals surface area contributed by atoms with Gasteiger partial charge in [0.2, 0.25) is 10.0 Å². The lowest BCUT2D eigenvalue weighted by atomic mass is 10.1. The molecule has 8 heteroatoms. The summed E-state index contributed by atoms with van der Waals surface area (Å²) in [4.78, 5) is 11.4. The van der Waals surface area contributed by atoms with Gasteiger partial charge < -0.3 is 9.15 Å². The fraction of sp³-hybridized carbons (Fsp3) is 0.389. The van der Waals surface area contributed by atoms with Crippen molar-refractivity contribution in [2.45, 2.75) is 31.6 Å². The molecule has 0 unspecified atom stereocenters. The van der Waals surface area contributed by atoms with E-state index in [0.717, 1.165) is 0 Å². The number of rotatable bonds is 5. The number of hydrogen-bond acceptors (Lipinski definition) is 5. The van der Waals surface area contributed by atoms with Crippen LogP contribution in [0.15, 0.2) is 45.6 Å². The number of halogens is 1. The van der Waals surface area contributed by atoms with Crippen molar-refractivity contribution in [3.63, 3.8) is 0 Å². The Morgan fingerprint density at radius 3 is 2.58 bits per heavy atom. The largest absolute Gasteiger partial charge is 0.490 e. The zero-order valence-corrected chi connectivity index (χ0v) is 15.9. The summed E-state index contributed by atoms with van der Waals surface area (Å²) in [6, 6.07) is 9.90. The van der Waals surface area contributed by atoms with Crippen molar-refractivity contribution < 1.29 is 17.6 Å². The minimum atomic E-state index is -3.44. The smallest absolute Gasteiger partial charge is 0.339 e. The van der Waals surface area contributed by atoms with Gasteiger partial charge in [0, 0.05) is 24.2 Å². The molecule has 1 aromatic heterocycles. The average molecular weight is 398 g/mol. The number of aryl methyl sites for hydroxylation is 1. The molecule has 140 valence electrons. The summed E-state index contributed by atoms with van der Waals surface area (Å²) in [5, 5.41) is 0.451. The van der Waals surface area contributed by atoms with E-state index < -0.39 is 15.6 Å². The Labute approximate surface area is 157 Å². The van der Waals surface area contributed by atoms with Gasteiger partial charge in [0.25, 0.3) is 0 Å². The lowest BCUT2D eigenvalue weighted by Crippen LogP contribution is -2.42. The number of sulfonamides is 1. The Hall–Kier alpha value is -1.83. The fourth-order valence-electron chi connectivity index (χ4n) is 2.97. The van der Waals surface area contributed by atoms with Crippen LogP contribution >= 0.6 is 11.6 Å². The van der Waals surface area contributed by atoms with Crippen molar-refractivity contribution in [1.82, 2.24) is 4.31 Å². The fourth-order valence-corrected chi connectivity index (χ4v) is 4.84. The van der Waals surface area contributed by atoms with E-state index in [1.807, 2.05) is 0 Å². The number of nitrogens with zero attached hydrogens (tertiary/aromatic N) is 1. The minimum absolute atomic E-state index is 0.114. The molecule has 1 aliphatic heterocycles. The highest BCUT2D eigenvalue weighted by Gasteiger charge is 2.29. The molecule has 0 bridgehead atoms. The van der Waals surface area contributed by atoms with Crippen molar-refractivity contribution in [1.29, 1.82) is 0 Å². The summed E-state index contributed by atoms with van der Waals surface area (Å²) >= 11 is 6.07. The van der Waals surface area contributed by atoms with Crippen LogP contribution in [0, 0.1) is 6.92 Å². The van der Waals surface area contributed by atoms with Crippen molar-refractivity contribution in [3.8, 4) is 5.75 Å². The molecule has 1 saturated heterocycles. The first-order chi connectivity index (χ1) is 12.3. The van der Waals surface area contributed by atoms with Crippen LogP contribution in [0.2, 0.25) is 5.02 Å². The predicted molar refractivity (Wildman–Crippen MR) is 99.0 cm³/mol. The van der Waals surface area contributed by atoms with Gasteiger partial charge in [0.15, 0.2) is 0 Å². The summed E-state index contributed by atoms with van der Waals surface area (Å²) in [5.74, 6) is 0.820. The van der Waals surface area contributed by atoms with Gasteiger partial charge in [0.05, 0.1) is 11.8 Å². The van der Waals surface area contributed by atoms with Gasteiger partial charge in [-0.3, -0.25) is 0 Å². The maximum atomic E-state index is 12.6. The molecule has 1 aromatic carbocycles. The third kappa shape index (κ3) is 4.66. The van der Waals surface area contributed by atoms with E-state index >= 15 is 0 Å². The zero-order valence-electron chi connectivity index (χ0n) is 14.4. The van der Waals surface area contributed by atoms with Gasteiger partial charge >= 0.3 is 5.63 Å². The van der Waals surface area contributed by atoms with Crippen LogP contribution in [0.3, 0.4) is 0 Å². The summed E-state index contributed by atoms with van der Waals surface area (Å²) in [6.07, 6.45) is 0.977. The first kappa shape index (κ1) is 18.9. The van der Waals surface area contributed by atoms with E-state index in [0.29, 0.717) is 48.0 Å². The highest BCUT2D eigenvalue weighted by atomic mass is 35.5. The molecule has 0 spiro atoms. The van der Waals surface area contributed by atoms with E-state index in [-0.39, 0.29) is 11.9 Å². The molecule has 0 N–H and O–H groups in total. The van der Waals surface area contributed by atoms with Crippen molar-refractivity contribution in [3.05, 3.63) is 63.2 Å². The zero-order chi connectivity index (χ0) is 18.7. The Balaban J connectivity index is 1.60.